The average molecular weight is 265 g/mol. The van der Waals surface area contributed by atoms with Crippen LogP contribution in [0.2, 0.25) is 0 Å². The van der Waals surface area contributed by atoms with Crippen molar-refractivity contribution in [2.45, 2.75) is 18.9 Å². The SMILES string of the molecule is CN(C)C1CCN(C(=O)c2ccc(N)c(F)c2)CC1. The molecule has 0 aromatic heterocycles. The first-order valence-corrected chi connectivity index (χ1v) is 6.50. The molecule has 1 aromatic rings. The van der Waals surface area contributed by atoms with Crippen molar-refractivity contribution in [1.29, 1.82) is 0 Å². The highest BCUT2D eigenvalue weighted by atomic mass is 19.1. The van der Waals surface area contributed by atoms with Crippen molar-refractivity contribution in [1.82, 2.24) is 9.80 Å². The molecule has 1 heterocycles. The summed E-state index contributed by atoms with van der Waals surface area (Å²) in [6, 6.07) is 4.76. The summed E-state index contributed by atoms with van der Waals surface area (Å²) in [5.74, 6) is -0.648. The van der Waals surface area contributed by atoms with Crippen LogP contribution in [-0.4, -0.2) is 48.9 Å². The van der Waals surface area contributed by atoms with Gasteiger partial charge in [-0.05, 0) is 45.1 Å². The van der Waals surface area contributed by atoms with E-state index in [-0.39, 0.29) is 11.6 Å². The van der Waals surface area contributed by atoms with Gasteiger partial charge in [0.25, 0.3) is 5.91 Å². The van der Waals surface area contributed by atoms with E-state index in [9.17, 15) is 9.18 Å². The maximum atomic E-state index is 13.4. The zero-order valence-electron chi connectivity index (χ0n) is 11.4. The average Bonchev–Trinajstić information content (AvgIpc) is 2.41. The fourth-order valence-corrected chi connectivity index (χ4v) is 2.43. The number of nitrogens with two attached hydrogens (primary N) is 1. The summed E-state index contributed by atoms with van der Waals surface area (Å²) < 4.78 is 13.4. The van der Waals surface area contributed by atoms with E-state index in [4.69, 9.17) is 5.73 Å². The molecule has 0 unspecified atom stereocenters. The first-order chi connectivity index (χ1) is 8.99. The second-order valence-electron chi connectivity index (χ2n) is 5.22. The van der Waals surface area contributed by atoms with E-state index in [0.29, 0.717) is 24.7 Å². The van der Waals surface area contributed by atoms with Gasteiger partial charge in [0.05, 0.1) is 5.69 Å². The molecule has 0 bridgehead atoms. The highest BCUT2D eigenvalue weighted by Gasteiger charge is 2.24. The van der Waals surface area contributed by atoms with Gasteiger partial charge in [-0.15, -0.1) is 0 Å². The molecule has 104 valence electrons. The Bertz CT molecular complexity index is 468. The molecule has 1 fully saturated rings. The standard InChI is InChI=1S/C14H20FN3O/c1-17(2)11-5-7-18(8-6-11)14(19)10-3-4-13(16)12(15)9-10/h3-4,9,11H,5-8,16H2,1-2H3. The summed E-state index contributed by atoms with van der Waals surface area (Å²) in [6.07, 6.45) is 1.91. The molecule has 0 aliphatic carbocycles. The number of anilines is 1. The van der Waals surface area contributed by atoms with E-state index in [0.717, 1.165) is 12.8 Å². The molecule has 5 heteroatoms. The lowest BCUT2D eigenvalue weighted by Gasteiger charge is -2.35. The molecule has 0 saturated carbocycles. The van der Waals surface area contributed by atoms with Gasteiger partial charge in [-0.1, -0.05) is 0 Å². The third-order valence-corrected chi connectivity index (χ3v) is 3.73. The summed E-state index contributed by atoms with van der Waals surface area (Å²) >= 11 is 0. The summed E-state index contributed by atoms with van der Waals surface area (Å²) in [4.78, 5) is 16.2. The van der Waals surface area contributed by atoms with Crippen LogP contribution in [-0.2, 0) is 0 Å². The molecule has 19 heavy (non-hydrogen) atoms. The molecule has 2 rings (SSSR count). The number of hydrogen-bond donors (Lipinski definition) is 1. The predicted molar refractivity (Wildman–Crippen MR) is 73.4 cm³/mol. The molecular formula is C14H20FN3O. The molecule has 1 aromatic carbocycles. The Balaban J connectivity index is 2.03. The fourth-order valence-electron chi connectivity index (χ4n) is 2.43. The second kappa shape index (κ2) is 5.57. The van der Waals surface area contributed by atoms with Crippen molar-refractivity contribution in [2.75, 3.05) is 32.9 Å². The van der Waals surface area contributed by atoms with E-state index in [1.54, 1.807) is 11.0 Å². The number of nitrogens with zero attached hydrogens (tertiary/aromatic N) is 2. The third-order valence-electron chi connectivity index (χ3n) is 3.73. The van der Waals surface area contributed by atoms with Gasteiger partial charge in [0.1, 0.15) is 5.82 Å². The van der Waals surface area contributed by atoms with Crippen molar-refractivity contribution < 1.29 is 9.18 Å². The largest absolute Gasteiger partial charge is 0.396 e. The third kappa shape index (κ3) is 3.04. The van der Waals surface area contributed by atoms with Gasteiger partial charge in [0.2, 0.25) is 0 Å². The lowest BCUT2D eigenvalue weighted by Crippen LogP contribution is -2.44. The molecule has 0 radical (unpaired) electrons. The fraction of sp³-hybridized carbons (Fsp3) is 0.500. The summed E-state index contributed by atoms with van der Waals surface area (Å²) in [6.45, 7) is 1.43. The minimum absolute atomic E-state index is 0.0721. The first kappa shape index (κ1) is 13.8. The molecule has 4 nitrogen and oxygen atoms in total. The van der Waals surface area contributed by atoms with Crippen molar-refractivity contribution in [3.63, 3.8) is 0 Å². The van der Waals surface area contributed by atoms with Crippen LogP contribution in [0.3, 0.4) is 0 Å². The molecule has 1 amide bonds. The summed E-state index contributed by atoms with van der Waals surface area (Å²) in [5, 5.41) is 0. The van der Waals surface area contributed by atoms with Crippen LogP contribution < -0.4 is 5.73 Å². The highest BCUT2D eigenvalue weighted by molar-refractivity contribution is 5.94. The van der Waals surface area contributed by atoms with Gasteiger partial charge in [-0.3, -0.25) is 4.79 Å². The lowest BCUT2D eigenvalue weighted by molar-refractivity contribution is 0.0663. The van der Waals surface area contributed by atoms with E-state index >= 15 is 0 Å². The van der Waals surface area contributed by atoms with Gasteiger partial charge in [-0.2, -0.15) is 0 Å². The maximum absolute atomic E-state index is 13.4. The van der Waals surface area contributed by atoms with E-state index < -0.39 is 5.82 Å². The van der Waals surface area contributed by atoms with Crippen LogP contribution in [0.5, 0.6) is 0 Å². The molecule has 0 spiro atoms. The number of amides is 1. The van der Waals surface area contributed by atoms with E-state index in [1.165, 1.54) is 12.1 Å². The number of carbonyl (C=O) groups is 1. The smallest absolute Gasteiger partial charge is 0.253 e. The zero-order chi connectivity index (χ0) is 14.0. The van der Waals surface area contributed by atoms with Crippen LogP contribution in [0.1, 0.15) is 23.2 Å². The van der Waals surface area contributed by atoms with Crippen LogP contribution >= 0.6 is 0 Å². The lowest BCUT2D eigenvalue weighted by atomic mass is 10.0. The molecule has 1 saturated heterocycles. The Morgan fingerprint density at radius 3 is 2.53 bits per heavy atom. The molecule has 1 aliphatic heterocycles. The normalized spacial score (nSPS) is 16.9. The Morgan fingerprint density at radius 2 is 2.00 bits per heavy atom. The zero-order valence-corrected chi connectivity index (χ0v) is 11.4. The molecule has 0 atom stereocenters. The van der Waals surface area contributed by atoms with E-state index in [1.807, 2.05) is 0 Å². The number of likely N-dealkylation sites (tertiary alicyclic amines) is 1. The Morgan fingerprint density at radius 1 is 1.37 bits per heavy atom. The number of halogens is 1. The Hall–Kier alpha value is -1.62. The number of nitrogen functional groups attached to an aromatic ring is 1. The molecular weight excluding hydrogens is 245 g/mol. The van der Waals surface area contributed by atoms with E-state index in [2.05, 4.69) is 19.0 Å². The van der Waals surface area contributed by atoms with Crippen molar-refractivity contribution in [2.24, 2.45) is 0 Å². The number of rotatable bonds is 2. The number of hydrogen-bond acceptors (Lipinski definition) is 3. The minimum Gasteiger partial charge on any atom is -0.396 e. The topological polar surface area (TPSA) is 49.6 Å². The van der Waals surface area contributed by atoms with Crippen molar-refractivity contribution in [3.8, 4) is 0 Å². The predicted octanol–water partition coefficient (Wildman–Crippen LogP) is 1.57. The van der Waals surface area contributed by atoms with Crippen molar-refractivity contribution in [3.05, 3.63) is 29.6 Å². The number of benzene rings is 1. The maximum Gasteiger partial charge on any atom is 0.253 e. The Labute approximate surface area is 113 Å². The summed E-state index contributed by atoms with van der Waals surface area (Å²) in [7, 11) is 4.11. The van der Waals surface area contributed by atoms with Gasteiger partial charge >= 0.3 is 0 Å². The first-order valence-electron chi connectivity index (χ1n) is 6.50. The van der Waals surface area contributed by atoms with Gasteiger partial charge in [-0.25, -0.2) is 4.39 Å². The second-order valence-corrected chi connectivity index (χ2v) is 5.22. The molecule has 1 aliphatic rings. The van der Waals surface area contributed by atoms with Crippen LogP contribution in [0.15, 0.2) is 18.2 Å². The minimum atomic E-state index is -0.533. The van der Waals surface area contributed by atoms with Crippen LogP contribution in [0.4, 0.5) is 10.1 Å². The van der Waals surface area contributed by atoms with Crippen LogP contribution in [0, 0.1) is 5.82 Å². The monoisotopic (exact) mass is 265 g/mol. The van der Waals surface area contributed by atoms with Gasteiger partial charge in [0, 0.05) is 24.7 Å². The number of carbonyl (C=O) groups excluding carboxylic acids is 1. The summed E-state index contributed by atoms with van der Waals surface area (Å²) in [5.41, 5.74) is 5.86. The highest BCUT2D eigenvalue weighted by Crippen LogP contribution is 2.18. The molecule has 2 N–H and O–H groups in total. The Kier molecular flexibility index (Phi) is 4.04. The van der Waals surface area contributed by atoms with Gasteiger partial charge in [0.15, 0.2) is 0 Å². The van der Waals surface area contributed by atoms with Crippen LogP contribution in [0.25, 0.3) is 0 Å². The van der Waals surface area contributed by atoms with Gasteiger partial charge < -0.3 is 15.5 Å². The number of piperidine rings is 1. The quantitative estimate of drug-likeness (QED) is 0.826. The van der Waals surface area contributed by atoms with Crippen molar-refractivity contribution >= 4 is 11.6 Å².